The zero-order chi connectivity index (χ0) is 5.70. The minimum Gasteiger partial charge on any atom is -0.596 e. The molecule has 4 heteroatoms. The Morgan fingerprint density at radius 2 is 2.29 bits per heavy atom. The highest BCUT2D eigenvalue weighted by Gasteiger charge is 1.94. The van der Waals surface area contributed by atoms with Crippen LogP contribution in [0.2, 0.25) is 6.04 Å². The largest absolute Gasteiger partial charge is 0.596 e. The molecule has 1 unspecified atom stereocenters. The van der Waals surface area contributed by atoms with E-state index in [1.54, 1.807) is 0 Å². The summed E-state index contributed by atoms with van der Waals surface area (Å²) in [5.74, 6) is 0. The first-order chi connectivity index (χ1) is 3.27. The van der Waals surface area contributed by atoms with Crippen molar-refractivity contribution in [2.24, 2.45) is 0 Å². The van der Waals surface area contributed by atoms with Crippen LogP contribution in [0.25, 0.3) is 0 Å². The lowest BCUT2D eigenvalue weighted by Gasteiger charge is -1.82. The quantitative estimate of drug-likeness (QED) is 0.403. The van der Waals surface area contributed by atoms with Gasteiger partial charge >= 0.3 is 8.03 Å². The van der Waals surface area contributed by atoms with Crippen LogP contribution >= 0.6 is 8.03 Å². The molecule has 0 bridgehead atoms. The van der Waals surface area contributed by atoms with Gasteiger partial charge in [-0.3, -0.25) is 0 Å². The molecule has 0 spiro atoms. The molecule has 0 saturated heterocycles. The molecule has 0 aliphatic rings. The van der Waals surface area contributed by atoms with Crippen molar-refractivity contribution in [1.29, 1.82) is 0 Å². The van der Waals surface area contributed by atoms with Crippen LogP contribution < -0.4 is 4.89 Å². The highest BCUT2D eigenvalue weighted by Crippen LogP contribution is 2.08. The van der Waals surface area contributed by atoms with E-state index in [2.05, 4.69) is 10.2 Å². The molecule has 0 aliphatic carbocycles. The molecule has 7 heavy (non-hydrogen) atoms. The molecular weight excluding hydrogens is 127 g/mol. The highest BCUT2D eigenvalue weighted by molar-refractivity contribution is 7.36. The normalized spacial score (nSPS) is 11.4. The van der Waals surface area contributed by atoms with Gasteiger partial charge in [-0.2, -0.15) is 0 Å². The highest BCUT2D eigenvalue weighted by atomic mass is 31.1. The standard InChI is InChI=1S/C3H6O2PSi/c4-6(5)2-1-3-7/h1-3H2. The summed E-state index contributed by atoms with van der Waals surface area (Å²) in [4.78, 5) is 9.77. The van der Waals surface area contributed by atoms with Crippen LogP contribution in [0, 0.1) is 0 Å². The predicted molar refractivity (Wildman–Crippen MR) is 27.7 cm³/mol. The zero-order valence-electron chi connectivity index (χ0n) is 3.89. The summed E-state index contributed by atoms with van der Waals surface area (Å²) in [5, 5.41) is 0. The molecule has 0 aromatic rings. The third kappa shape index (κ3) is 6.28. The maximum Gasteiger partial charge on any atom is 0.308 e. The van der Waals surface area contributed by atoms with Crippen LogP contribution in [-0.2, 0) is 4.57 Å². The van der Waals surface area contributed by atoms with Crippen molar-refractivity contribution in [2.75, 3.05) is 6.16 Å². The third-order valence-corrected chi connectivity index (χ3v) is 1.55. The summed E-state index contributed by atoms with van der Waals surface area (Å²) in [6.45, 7) is 0. The summed E-state index contributed by atoms with van der Waals surface area (Å²) >= 11 is 0. The molecule has 0 aromatic carbocycles. The van der Waals surface area contributed by atoms with Crippen molar-refractivity contribution >= 4 is 18.3 Å². The van der Waals surface area contributed by atoms with E-state index in [0.717, 1.165) is 12.5 Å². The Morgan fingerprint density at radius 3 is 2.43 bits per heavy atom. The first-order valence-electron chi connectivity index (χ1n) is 2.03. The molecule has 0 N–H and O–H groups in total. The number of hydrogen-bond donors (Lipinski definition) is 0. The van der Waals surface area contributed by atoms with Gasteiger partial charge in [0.15, 0.2) is 0 Å². The number of hydrogen-bond acceptors (Lipinski definition) is 2. The van der Waals surface area contributed by atoms with Crippen molar-refractivity contribution in [2.45, 2.75) is 12.5 Å². The van der Waals surface area contributed by atoms with Crippen LogP contribution in [0.3, 0.4) is 0 Å². The van der Waals surface area contributed by atoms with Crippen LogP contribution in [0.5, 0.6) is 0 Å². The van der Waals surface area contributed by atoms with Crippen molar-refractivity contribution in [1.82, 2.24) is 0 Å². The van der Waals surface area contributed by atoms with Gasteiger partial charge in [0.1, 0.15) is 6.16 Å². The molecule has 0 fully saturated rings. The number of rotatable bonds is 3. The smallest absolute Gasteiger partial charge is 0.308 e. The fraction of sp³-hybridized carbons (Fsp3) is 1.00. The summed E-state index contributed by atoms with van der Waals surface area (Å²) in [7, 11) is 1.02. The van der Waals surface area contributed by atoms with E-state index in [1.807, 2.05) is 0 Å². The van der Waals surface area contributed by atoms with E-state index in [9.17, 15) is 9.46 Å². The first-order valence-corrected chi connectivity index (χ1v) is 4.10. The molecule has 0 rings (SSSR count). The first kappa shape index (κ1) is 7.28. The SMILES string of the molecule is O=[P+]([O-])CCC[Si]. The van der Waals surface area contributed by atoms with Gasteiger partial charge in [-0.15, -0.1) is 0 Å². The average Bonchev–Trinajstić information content (AvgIpc) is 1.61. The topological polar surface area (TPSA) is 40.1 Å². The van der Waals surface area contributed by atoms with Gasteiger partial charge in [-0.1, -0.05) is 10.6 Å². The lowest BCUT2D eigenvalue weighted by Crippen LogP contribution is -1.89. The van der Waals surface area contributed by atoms with E-state index in [-0.39, 0.29) is 0 Å². The fourth-order valence-electron chi connectivity index (χ4n) is 0.208. The van der Waals surface area contributed by atoms with Crippen molar-refractivity contribution in [3.63, 3.8) is 0 Å². The molecule has 0 aliphatic heterocycles. The Hall–Kier alpha value is 0.277. The van der Waals surface area contributed by atoms with E-state index in [1.165, 1.54) is 0 Å². The van der Waals surface area contributed by atoms with E-state index < -0.39 is 8.03 Å². The van der Waals surface area contributed by atoms with Gasteiger partial charge in [0, 0.05) is 10.2 Å². The Morgan fingerprint density at radius 1 is 1.71 bits per heavy atom. The fourth-order valence-corrected chi connectivity index (χ4v) is 1.10. The Kier molecular flexibility index (Phi) is 4.61. The molecular formula is C3H6O2PSi. The molecule has 0 amide bonds. The summed E-state index contributed by atoms with van der Waals surface area (Å²) < 4.78 is 9.77. The van der Waals surface area contributed by atoms with Crippen LogP contribution in [0.4, 0.5) is 0 Å². The van der Waals surface area contributed by atoms with Crippen LogP contribution in [0.15, 0.2) is 0 Å². The summed E-state index contributed by atoms with van der Waals surface area (Å²) in [6, 6.07) is 0.767. The van der Waals surface area contributed by atoms with Crippen molar-refractivity contribution in [3.05, 3.63) is 0 Å². The van der Waals surface area contributed by atoms with Crippen LogP contribution in [0.1, 0.15) is 6.42 Å². The lowest BCUT2D eigenvalue weighted by atomic mass is 10.6. The minimum atomic E-state index is -2.14. The second-order valence-electron chi connectivity index (χ2n) is 1.16. The maximum atomic E-state index is 9.77. The van der Waals surface area contributed by atoms with E-state index in [4.69, 9.17) is 0 Å². The second-order valence-corrected chi connectivity index (χ2v) is 2.77. The molecule has 0 heterocycles. The minimum absolute atomic E-state index is 0.304. The Labute approximate surface area is 47.2 Å². The predicted octanol–water partition coefficient (Wildman–Crippen LogP) is 0.0660. The lowest BCUT2D eigenvalue weighted by molar-refractivity contribution is -0.164. The molecule has 0 aromatic heterocycles. The Bertz CT molecular complexity index is 66.0. The van der Waals surface area contributed by atoms with E-state index in [0.29, 0.717) is 6.16 Å². The van der Waals surface area contributed by atoms with Gasteiger partial charge in [-0.25, -0.2) is 0 Å². The molecule has 39 valence electrons. The van der Waals surface area contributed by atoms with Crippen molar-refractivity contribution in [3.8, 4) is 0 Å². The molecule has 1 atom stereocenters. The van der Waals surface area contributed by atoms with Gasteiger partial charge in [0.05, 0.1) is 0 Å². The summed E-state index contributed by atoms with van der Waals surface area (Å²) in [6.07, 6.45) is 1.02. The summed E-state index contributed by atoms with van der Waals surface area (Å²) in [5.41, 5.74) is 0. The molecule has 3 radical (unpaired) electrons. The average molecular weight is 133 g/mol. The van der Waals surface area contributed by atoms with Gasteiger partial charge in [0.2, 0.25) is 0 Å². The Balaban J connectivity index is 2.82. The zero-order valence-corrected chi connectivity index (χ0v) is 5.78. The third-order valence-electron chi connectivity index (χ3n) is 0.517. The van der Waals surface area contributed by atoms with Gasteiger partial charge in [-0.05, 0) is 6.42 Å². The molecule has 2 nitrogen and oxygen atoms in total. The second kappa shape index (κ2) is 4.44. The monoisotopic (exact) mass is 133 g/mol. The van der Waals surface area contributed by atoms with Gasteiger partial charge < -0.3 is 4.89 Å². The van der Waals surface area contributed by atoms with E-state index >= 15 is 0 Å². The van der Waals surface area contributed by atoms with Crippen LogP contribution in [-0.4, -0.2) is 16.4 Å². The van der Waals surface area contributed by atoms with Gasteiger partial charge in [0.25, 0.3) is 0 Å². The van der Waals surface area contributed by atoms with Crippen molar-refractivity contribution < 1.29 is 9.46 Å². The molecule has 0 saturated carbocycles. The maximum absolute atomic E-state index is 9.77.